The Morgan fingerprint density at radius 3 is 2.33 bits per heavy atom. The molecule has 0 spiro atoms. The SMILES string of the molecule is O=C(c1cc[nH]c1)c1ccc(Oc2ccccc2)cc1C(F)(F)F. The number of H-pyrrole nitrogens is 1. The van der Waals surface area contributed by atoms with E-state index in [1.54, 1.807) is 30.3 Å². The first-order valence-electron chi connectivity index (χ1n) is 7.07. The van der Waals surface area contributed by atoms with Crippen molar-refractivity contribution in [3.05, 3.63) is 83.7 Å². The van der Waals surface area contributed by atoms with E-state index in [4.69, 9.17) is 4.74 Å². The lowest BCUT2D eigenvalue weighted by atomic mass is 9.99. The summed E-state index contributed by atoms with van der Waals surface area (Å²) in [5, 5.41) is 0. The minimum absolute atomic E-state index is 0.0131. The van der Waals surface area contributed by atoms with Crippen LogP contribution in [0.25, 0.3) is 0 Å². The zero-order valence-electron chi connectivity index (χ0n) is 12.3. The summed E-state index contributed by atoms with van der Waals surface area (Å²) in [4.78, 5) is 14.9. The third kappa shape index (κ3) is 3.32. The maximum atomic E-state index is 13.4. The number of halogens is 3. The first-order valence-corrected chi connectivity index (χ1v) is 7.07. The molecule has 3 rings (SSSR count). The summed E-state index contributed by atoms with van der Waals surface area (Å²) in [6.07, 6.45) is -1.83. The number of aromatic nitrogens is 1. The van der Waals surface area contributed by atoms with Crippen molar-refractivity contribution in [1.82, 2.24) is 4.98 Å². The molecular weight excluding hydrogens is 319 g/mol. The molecule has 0 aliphatic rings. The number of hydrogen-bond acceptors (Lipinski definition) is 2. The lowest BCUT2D eigenvalue weighted by Gasteiger charge is -2.14. The van der Waals surface area contributed by atoms with Crippen LogP contribution >= 0.6 is 0 Å². The van der Waals surface area contributed by atoms with Crippen molar-refractivity contribution < 1.29 is 22.7 Å². The van der Waals surface area contributed by atoms with Crippen LogP contribution in [0.15, 0.2) is 67.0 Å². The Balaban J connectivity index is 2.00. The molecule has 0 radical (unpaired) electrons. The van der Waals surface area contributed by atoms with Crippen LogP contribution in [0, 0.1) is 0 Å². The number of carbonyl (C=O) groups excluding carboxylic acids is 1. The fourth-order valence-electron chi connectivity index (χ4n) is 2.26. The number of benzene rings is 2. The smallest absolute Gasteiger partial charge is 0.417 e. The molecule has 6 heteroatoms. The number of para-hydroxylation sites is 1. The van der Waals surface area contributed by atoms with E-state index in [1.807, 2.05) is 0 Å². The molecule has 0 bridgehead atoms. The third-order valence-electron chi connectivity index (χ3n) is 3.38. The summed E-state index contributed by atoms with van der Waals surface area (Å²) >= 11 is 0. The Kier molecular flexibility index (Phi) is 4.12. The number of ether oxygens (including phenoxy) is 1. The topological polar surface area (TPSA) is 42.1 Å². The standard InChI is InChI=1S/C18H12F3NO2/c19-18(20,21)16-10-14(24-13-4-2-1-3-5-13)6-7-15(16)17(23)12-8-9-22-11-12/h1-11,22H. The van der Waals surface area contributed by atoms with Gasteiger partial charge in [0.05, 0.1) is 5.56 Å². The highest BCUT2D eigenvalue weighted by Gasteiger charge is 2.36. The second kappa shape index (κ2) is 6.23. The van der Waals surface area contributed by atoms with Gasteiger partial charge in [0, 0.05) is 23.5 Å². The van der Waals surface area contributed by atoms with Crippen LogP contribution < -0.4 is 4.74 Å². The van der Waals surface area contributed by atoms with E-state index in [0.29, 0.717) is 5.75 Å². The molecule has 0 fully saturated rings. The second-order valence-corrected chi connectivity index (χ2v) is 5.05. The van der Waals surface area contributed by atoms with Gasteiger partial charge in [-0.25, -0.2) is 0 Å². The molecule has 122 valence electrons. The molecule has 2 aromatic carbocycles. The van der Waals surface area contributed by atoms with Crippen molar-refractivity contribution >= 4 is 5.78 Å². The van der Waals surface area contributed by atoms with Gasteiger partial charge >= 0.3 is 6.18 Å². The van der Waals surface area contributed by atoms with Gasteiger partial charge in [-0.1, -0.05) is 18.2 Å². The molecule has 0 atom stereocenters. The Morgan fingerprint density at radius 1 is 0.958 bits per heavy atom. The van der Waals surface area contributed by atoms with Crippen molar-refractivity contribution in [2.24, 2.45) is 0 Å². The van der Waals surface area contributed by atoms with E-state index < -0.39 is 23.1 Å². The Hall–Kier alpha value is -3.02. The predicted molar refractivity (Wildman–Crippen MR) is 82.2 cm³/mol. The minimum Gasteiger partial charge on any atom is -0.457 e. The monoisotopic (exact) mass is 331 g/mol. The molecule has 0 saturated carbocycles. The number of carbonyl (C=O) groups is 1. The van der Waals surface area contributed by atoms with Crippen LogP contribution in [0.1, 0.15) is 21.5 Å². The number of ketones is 1. The molecular formula is C18H12F3NO2. The maximum absolute atomic E-state index is 13.4. The highest BCUT2D eigenvalue weighted by Crippen LogP contribution is 2.36. The fourth-order valence-corrected chi connectivity index (χ4v) is 2.26. The van der Waals surface area contributed by atoms with Crippen molar-refractivity contribution in [3.63, 3.8) is 0 Å². The van der Waals surface area contributed by atoms with E-state index >= 15 is 0 Å². The lowest BCUT2D eigenvalue weighted by molar-refractivity contribution is -0.138. The Morgan fingerprint density at radius 2 is 1.71 bits per heavy atom. The quantitative estimate of drug-likeness (QED) is 0.679. The number of alkyl halides is 3. The Bertz CT molecular complexity index is 840. The lowest BCUT2D eigenvalue weighted by Crippen LogP contribution is -2.13. The average Bonchev–Trinajstić information content (AvgIpc) is 3.09. The molecule has 1 heterocycles. The normalized spacial score (nSPS) is 11.3. The summed E-state index contributed by atoms with van der Waals surface area (Å²) in [5.41, 5.74) is -1.28. The van der Waals surface area contributed by atoms with Gasteiger partial charge in [-0.15, -0.1) is 0 Å². The van der Waals surface area contributed by atoms with Crippen LogP contribution in [-0.4, -0.2) is 10.8 Å². The van der Waals surface area contributed by atoms with Gasteiger partial charge < -0.3 is 9.72 Å². The summed E-state index contributed by atoms with van der Waals surface area (Å²) in [5.74, 6) is -0.274. The summed E-state index contributed by atoms with van der Waals surface area (Å²) in [7, 11) is 0. The predicted octanol–water partition coefficient (Wildman–Crippen LogP) is 5.06. The van der Waals surface area contributed by atoms with Crippen LogP contribution in [0.4, 0.5) is 13.2 Å². The molecule has 0 unspecified atom stereocenters. The molecule has 1 N–H and O–H groups in total. The number of nitrogens with one attached hydrogen (secondary N) is 1. The van der Waals surface area contributed by atoms with E-state index in [0.717, 1.165) is 12.1 Å². The van der Waals surface area contributed by atoms with E-state index in [-0.39, 0.29) is 11.3 Å². The van der Waals surface area contributed by atoms with Crippen LogP contribution in [0.2, 0.25) is 0 Å². The fraction of sp³-hybridized carbons (Fsp3) is 0.0556. The van der Waals surface area contributed by atoms with Crippen LogP contribution in [-0.2, 0) is 6.18 Å². The number of hydrogen-bond donors (Lipinski definition) is 1. The highest BCUT2D eigenvalue weighted by atomic mass is 19.4. The summed E-state index contributed by atoms with van der Waals surface area (Å²) < 4.78 is 45.5. The van der Waals surface area contributed by atoms with Crippen molar-refractivity contribution in [3.8, 4) is 11.5 Å². The van der Waals surface area contributed by atoms with Gasteiger partial charge in [0.1, 0.15) is 11.5 Å². The van der Waals surface area contributed by atoms with Gasteiger partial charge in [-0.3, -0.25) is 4.79 Å². The van der Waals surface area contributed by atoms with E-state index in [9.17, 15) is 18.0 Å². The van der Waals surface area contributed by atoms with Gasteiger partial charge in [0.25, 0.3) is 0 Å². The molecule has 3 nitrogen and oxygen atoms in total. The molecule has 0 aliphatic heterocycles. The van der Waals surface area contributed by atoms with Crippen molar-refractivity contribution in [2.75, 3.05) is 0 Å². The number of rotatable bonds is 4. The molecule has 1 aromatic heterocycles. The molecule has 0 amide bonds. The summed E-state index contributed by atoms with van der Waals surface area (Å²) in [6.45, 7) is 0. The van der Waals surface area contributed by atoms with Gasteiger partial charge in [-0.2, -0.15) is 13.2 Å². The van der Waals surface area contributed by atoms with Crippen molar-refractivity contribution in [1.29, 1.82) is 0 Å². The largest absolute Gasteiger partial charge is 0.457 e. The second-order valence-electron chi connectivity index (χ2n) is 5.05. The van der Waals surface area contributed by atoms with Crippen LogP contribution in [0.3, 0.4) is 0 Å². The maximum Gasteiger partial charge on any atom is 0.417 e. The highest BCUT2D eigenvalue weighted by molar-refractivity contribution is 6.10. The minimum atomic E-state index is -4.67. The first kappa shape index (κ1) is 15.9. The Labute approximate surface area is 135 Å². The molecule has 24 heavy (non-hydrogen) atoms. The van der Waals surface area contributed by atoms with Gasteiger partial charge in [0.15, 0.2) is 5.78 Å². The molecule has 0 aliphatic carbocycles. The van der Waals surface area contributed by atoms with E-state index in [1.165, 1.54) is 24.5 Å². The summed E-state index contributed by atoms with van der Waals surface area (Å²) in [6, 6.07) is 13.2. The first-order chi connectivity index (χ1) is 11.4. The average molecular weight is 331 g/mol. The zero-order chi connectivity index (χ0) is 17.2. The number of aromatic amines is 1. The van der Waals surface area contributed by atoms with Gasteiger partial charge in [-0.05, 0) is 36.4 Å². The third-order valence-corrected chi connectivity index (χ3v) is 3.38. The van der Waals surface area contributed by atoms with Crippen molar-refractivity contribution in [2.45, 2.75) is 6.18 Å². The van der Waals surface area contributed by atoms with Crippen LogP contribution in [0.5, 0.6) is 11.5 Å². The van der Waals surface area contributed by atoms with Gasteiger partial charge in [0.2, 0.25) is 0 Å². The zero-order valence-corrected chi connectivity index (χ0v) is 12.3. The molecule has 0 saturated heterocycles. The molecule has 3 aromatic rings. The van der Waals surface area contributed by atoms with E-state index in [2.05, 4.69) is 4.98 Å².